The third-order valence-corrected chi connectivity index (χ3v) is 3.43. The number of fused-ring (bicyclic) bond motifs is 1. The lowest BCUT2D eigenvalue weighted by Gasteiger charge is -2.28. The highest BCUT2D eigenvalue weighted by atomic mass is 16.5. The molecule has 1 heterocycles. The Morgan fingerprint density at radius 2 is 2.26 bits per heavy atom. The van der Waals surface area contributed by atoms with Gasteiger partial charge in [-0.15, -0.1) is 0 Å². The first-order valence-electron chi connectivity index (χ1n) is 6.57. The van der Waals surface area contributed by atoms with Gasteiger partial charge < -0.3 is 15.0 Å². The number of benzene rings is 1. The summed E-state index contributed by atoms with van der Waals surface area (Å²) in [5.74, 6) is 0.855. The van der Waals surface area contributed by atoms with Crippen LogP contribution in [0.15, 0.2) is 18.2 Å². The zero-order chi connectivity index (χ0) is 13.4. The van der Waals surface area contributed by atoms with Crippen LogP contribution in [0.4, 0.5) is 11.4 Å². The minimum absolute atomic E-state index is 0.0549. The molecule has 0 saturated heterocycles. The van der Waals surface area contributed by atoms with Gasteiger partial charge in [-0.3, -0.25) is 9.59 Å². The Morgan fingerprint density at radius 1 is 1.47 bits per heavy atom. The van der Waals surface area contributed by atoms with Gasteiger partial charge in [0.25, 0.3) is 5.91 Å². The zero-order valence-corrected chi connectivity index (χ0v) is 10.8. The fraction of sp³-hybridized carbons (Fsp3) is 0.429. The average Bonchev–Trinajstić information content (AvgIpc) is 3.23. The predicted molar refractivity (Wildman–Crippen MR) is 71.3 cm³/mol. The number of nitrogens with zero attached hydrogens (tertiary/aromatic N) is 1. The molecule has 5 nitrogen and oxygen atoms in total. The van der Waals surface area contributed by atoms with Crippen molar-refractivity contribution in [3.8, 4) is 5.75 Å². The molecular formula is C14H16N2O3. The van der Waals surface area contributed by atoms with Gasteiger partial charge >= 0.3 is 0 Å². The Morgan fingerprint density at radius 3 is 2.95 bits per heavy atom. The monoisotopic (exact) mass is 260 g/mol. The third-order valence-electron chi connectivity index (χ3n) is 3.43. The van der Waals surface area contributed by atoms with E-state index in [2.05, 4.69) is 5.32 Å². The van der Waals surface area contributed by atoms with Gasteiger partial charge in [0.1, 0.15) is 5.75 Å². The number of ether oxygens (including phenoxy) is 1. The third kappa shape index (κ3) is 2.28. The summed E-state index contributed by atoms with van der Waals surface area (Å²) in [6.07, 6.45) is 1.94. The SMILES string of the molecule is CCN1C(=O)COc2ccc(NC(=O)C3CC3)cc21. The number of hydrogen-bond donors (Lipinski definition) is 1. The first-order valence-corrected chi connectivity index (χ1v) is 6.57. The molecule has 0 bridgehead atoms. The lowest BCUT2D eigenvalue weighted by atomic mass is 10.2. The fourth-order valence-corrected chi connectivity index (χ4v) is 2.22. The Hall–Kier alpha value is -2.04. The van der Waals surface area contributed by atoms with Crippen molar-refractivity contribution in [2.45, 2.75) is 19.8 Å². The van der Waals surface area contributed by atoms with Gasteiger partial charge in [0.2, 0.25) is 5.91 Å². The highest BCUT2D eigenvalue weighted by molar-refractivity contribution is 6.00. The van der Waals surface area contributed by atoms with E-state index in [0.717, 1.165) is 18.5 Å². The number of anilines is 2. The number of amides is 2. The van der Waals surface area contributed by atoms with Crippen molar-refractivity contribution in [3.05, 3.63) is 18.2 Å². The Labute approximate surface area is 111 Å². The van der Waals surface area contributed by atoms with Crippen LogP contribution < -0.4 is 15.0 Å². The largest absolute Gasteiger partial charge is 0.482 e. The molecule has 5 heteroatoms. The lowest BCUT2D eigenvalue weighted by Crippen LogP contribution is -2.38. The Balaban J connectivity index is 1.86. The molecule has 2 amide bonds. The molecular weight excluding hydrogens is 244 g/mol. The van der Waals surface area contributed by atoms with Crippen LogP contribution in [0.1, 0.15) is 19.8 Å². The zero-order valence-electron chi connectivity index (χ0n) is 10.8. The van der Waals surface area contributed by atoms with Crippen LogP contribution in [0, 0.1) is 5.92 Å². The number of hydrogen-bond acceptors (Lipinski definition) is 3. The van der Waals surface area contributed by atoms with Crippen molar-refractivity contribution >= 4 is 23.2 Å². The second-order valence-electron chi connectivity index (χ2n) is 4.87. The van der Waals surface area contributed by atoms with Crippen LogP contribution in [0.2, 0.25) is 0 Å². The Bertz CT molecular complexity index is 537. The smallest absolute Gasteiger partial charge is 0.265 e. The van der Waals surface area contributed by atoms with Crippen LogP contribution in [-0.4, -0.2) is 25.0 Å². The molecule has 1 N–H and O–H groups in total. The van der Waals surface area contributed by atoms with E-state index < -0.39 is 0 Å². The molecule has 1 aromatic rings. The van der Waals surface area contributed by atoms with Crippen molar-refractivity contribution in [1.82, 2.24) is 0 Å². The van der Waals surface area contributed by atoms with E-state index in [1.54, 1.807) is 17.0 Å². The molecule has 3 rings (SSSR count). The average molecular weight is 260 g/mol. The maximum atomic E-state index is 11.8. The summed E-state index contributed by atoms with van der Waals surface area (Å²) < 4.78 is 5.38. The molecule has 0 aromatic heterocycles. The van der Waals surface area contributed by atoms with E-state index in [-0.39, 0.29) is 24.3 Å². The highest BCUT2D eigenvalue weighted by Gasteiger charge is 2.30. The molecule has 0 unspecified atom stereocenters. The maximum absolute atomic E-state index is 11.8. The van der Waals surface area contributed by atoms with Gasteiger partial charge in [0, 0.05) is 18.2 Å². The molecule has 0 atom stereocenters. The fourth-order valence-electron chi connectivity index (χ4n) is 2.22. The van der Waals surface area contributed by atoms with Gasteiger partial charge in [-0.05, 0) is 38.0 Å². The number of carbonyl (C=O) groups excluding carboxylic acids is 2. The minimum Gasteiger partial charge on any atom is -0.482 e. The molecule has 1 aliphatic heterocycles. The van der Waals surface area contributed by atoms with Crippen molar-refractivity contribution in [3.63, 3.8) is 0 Å². The van der Waals surface area contributed by atoms with Crippen LogP contribution in [0.3, 0.4) is 0 Å². The second kappa shape index (κ2) is 4.57. The quantitative estimate of drug-likeness (QED) is 0.901. The van der Waals surface area contributed by atoms with Crippen LogP contribution in [0.5, 0.6) is 5.75 Å². The van der Waals surface area contributed by atoms with Crippen LogP contribution >= 0.6 is 0 Å². The van der Waals surface area contributed by atoms with Gasteiger partial charge in [0.15, 0.2) is 6.61 Å². The molecule has 2 aliphatic rings. The van der Waals surface area contributed by atoms with E-state index in [0.29, 0.717) is 18.0 Å². The van der Waals surface area contributed by atoms with Crippen LogP contribution in [-0.2, 0) is 9.59 Å². The van der Waals surface area contributed by atoms with E-state index in [4.69, 9.17) is 4.74 Å². The normalized spacial score (nSPS) is 17.7. The molecule has 0 radical (unpaired) electrons. The van der Waals surface area contributed by atoms with Crippen LogP contribution in [0.25, 0.3) is 0 Å². The summed E-state index contributed by atoms with van der Waals surface area (Å²) >= 11 is 0. The molecule has 1 aliphatic carbocycles. The molecule has 0 spiro atoms. The molecule has 19 heavy (non-hydrogen) atoms. The highest BCUT2D eigenvalue weighted by Crippen LogP contribution is 2.35. The molecule has 1 aromatic carbocycles. The van der Waals surface area contributed by atoms with E-state index in [1.165, 1.54) is 0 Å². The summed E-state index contributed by atoms with van der Waals surface area (Å²) in [7, 11) is 0. The van der Waals surface area contributed by atoms with Gasteiger partial charge in [-0.25, -0.2) is 0 Å². The molecule has 100 valence electrons. The number of likely N-dealkylation sites (N-methyl/N-ethyl adjacent to an activating group) is 1. The minimum atomic E-state index is -0.0549. The summed E-state index contributed by atoms with van der Waals surface area (Å²) in [5.41, 5.74) is 1.44. The summed E-state index contributed by atoms with van der Waals surface area (Å²) in [6.45, 7) is 2.59. The van der Waals surface area contributed by atoms with E-state index in [9.17, 15) is 9.59 Å². The van der Waals surface area contributed by atoms with Gasteiger partial charge in [0.05, 0.1) is 5.69 Å². The van der Waals surface area contributed by atoms with E-state index >= 15 is 0 Å². The van der Waals surface area contributed by atoms with Crippen molar-refractivity contribution in [2.75, 3.05) is 23.4 Å². The maximum Gasteiger partial charge on any atom is 0.265 e. The number of carbonyl (C=O) groups is 2. The summed E-state index contributed by atoms with van der Waals surface area (Å²) in [4.78, 5) is 25.2. The van der Waals surface area contributed by atoms with Gasteiger partial charge in [-0.1, -0.05) is 0 Å². The van der Waals surface area contributed by atoms with E-state index in [1.807, 2.05) is 13.0 Å². The second-order valence-corrected chi connectivity index (χ2v) is 4.87. The molecule has 1 fully saturated rings. The topological polar surface area (TPSA) is 58.6 Å². The van der Waals surface area contributed by atoms with Crippen molar-refractivity contribution in [1.29, 1.82) is 0 Å². The first-order chi connectivity index (χ1) is 9.19. The summed E-state index contributed by atoms with van der Waals surface area (Å²) in [5, 5.41) is 2.88. The van der Waals surface area contributed by atoms with Crippen molar-refractivity contribution < 1.29 is 14.3 Å². The number of rotatable bonds is 3. The van der Waals surface area contributed by atoms with Gasteiger partial charge in [-0.2, -0.15) is 0 Å². The molecule has 1 saturated carbocycles. The number of nitrogens with one attached hydrogen (secondary N) is 1. The Kier molecular flexibility index (Phi) is 2.89. The predicted octanol–water partition coefficient (Wildman–Crippen LogP) is 1.78. The lowest BCUT2D eigenvalue weighted by molar-refractivity contribution is -0.121. The first kappa shape index (κ1) is 12.0. The standard InChI is InChI=1S/C14H16N2O3/c1-2-16-11-7-10(15-14(18)9-3-4-9)5-6-12(11)19-8-13(16)17/h5-7,9H,2-4,8H2,1H3,(H,15,18). The summed E-state index contributed by atoms with van der Waals surface area (Å²) in [6, 6.07) is 5.41. The van der Waals surface area contributed by atoms with Crippen molar-refractivity contribution in [2.24, 2.45) is 5.92 Å².